The van der Waals surface area contributed by atoms with E-state index in [-0.39, 0.29) is 18.9 Å². The molecule has 1 aliphatic heterocycles. The average Bonchev–Trinajstić information content (AvgIpc) is 3.25. The molecule has 0 atom stereocenters. The second-order valence-corrected chi connectivity index (χ2v) is 6.71. The van der Waals surface area contributed by atoms with Crippen molar-refractivity contribution >= 4 is 23.0 Å². The molecule has 29 heavy (non-hydrogen) atoms. The molecule has 1 saturated heterocycles. The van der Waals surface area contributed by atoms with E-state index in [1.807, 2.05) is 4.90 Å². The third kappa shape index (κ3) is 4.13. The molecule has 2 aromatic rings. The van der Waals surface area contributed by atoms with Crippen LogP contribution in [-0.2, 0) is 4.79 Å². The van der Waals surface area contributed by atoms with Gasteiger partial charge in [0.25, 0.3) is 10.9 Å². The van der Waals surface area contributed by atoms with Gasteiger partial charge >= 0.3 is 0 Å². The number of hydrogen-bond donors (Lipinski definition) is 2. The van der Waals surface area contributed by atoms with Gasteiger partial charge in [-0.15, -0.1) is 0 Å². The smallest absolute Gasteiger partial charge is 0.253 e. The molecule has 0 aromatic heterocycles. The fourth-order valence-corrected chi connectivity index (χ4v) is 3.46. The van der Waals surface area contributed by atoms with Crippen molar-refractivity contribution in [2.45, 2.75) is 19.3 Å². The molecule has 0 unspecified atom stereocenters. The van der Waals surface area contributed by atoms with Crippen LogP contribution in [0.3, 0.4) is 0 Å². The second kappa shape index (κ2) is 8.85. The van der Waals surface area contributed by atoms with E-state index in [9.17, 15) is 14.4 Å². The standard InChI is InChI=1S/C20H25N3O6/c1-27-13-10-12(11-14(28-2)20(13)29-3)22-15(24)6-7-21-16-17(19(26)18(16)25)23-8-4-5-9-23/h10-11,21H,4-9H2,1-3H3,(H,22,24). The van der Waals surface area contributed by atoms with E-state index >= 15 is 0 Å². The highest BCUT2D eigenvalue weighted by Crippen LogP contribution is 2.39. The lowest BCUT2D eigenvalue weighted by molar-refractivity contribution is -0.115. The largest absolute Gasteiger partial charge is 0.493 e. The summed E-state index contributed by atoms with van der Waals surface area (Å²) in [4.78, 5) is 38.0. The number of carbonyl (C=O) groups is 1. The van der Waals surface area contributed by atoms with Gasteiger partial charge in [0.1, 0.15) is 11.4 Å². The Morgan fingerprint density at radius 1 is 1.00 bits per heavy atom. The first-order valence-electron chi connectivity index (χ1n) is 9.42. The zero-order valence-electron chi connectivity index (χ0n) is 16.8. The zero-order chi connectivity index (χ0) is 21.0. The number of nitrogens with zero attached hydrogens (tertiary/aromatic N) is 1. The van der Waals surface area contributed by atoms with Crippen molar-refractivity contribution in [1.82, 2.24) is 0 Å². The molecule has 2 N–H and O–H groups in total. The van der Waals surface area contributed by atoms with Crippen LogP contribution in [0.5, 0.6) is 17.2 Å². The quantitative estimate of drug-likeness (QED) is 0.605. The van der Waals surface area contributed by atoms with Crippen molar-refractivity contribution in [3.63, 3.8) is 0 Å². The number of hydrogen-bond acceptors (Lipinski definition) is 8. The third-order valence-corrected chi connectivity index (χ3v) is 4.91. The van der Waals surface area contributed by atoms with E-state index in [4.69, 9.17) is 14.2 Å². The van der Waals surface area contributed by atoms with Crippen molar-refractivity contribution in [2.75, 3.05) is 56.5 Å². The lowest BCUT2D eigenvalue weighted by atomic mass is 10.1. The number of nitrogens with one attached hydrogen (secondary N) is 2. The van der Waals surface area contributed by atoms with E-state index in [2.05, 4.69) is 10.6 Å². The van der Waals surface area contributed by atoms with E-state index in [1.165, 1.54) is 21.3 Å². The van der Waals surface area contributed by atoms with Crippen molar-refractivity contribution in [1.29, 1.82) is 0 Å². The van der Waals surface area contributed by atoms with Crippen LogP contribution in [0, 0.1) is 0 Å². The van der Waals surface area contributed by atoms with Gasteiger partial charge in [-0.25, -0.2) is 0 Å². The maximum atomic E-state index is 12.3. The van der Waals surface area contributed by atoms with Gasteiger partial charge in [0, 0.05) is 43.9 Å². The number of methoxy groups -OCH3 is 3. The first kappa shape index (κ1) is 20.5. The zero-order valence-corrected chi connectivity index (χ0v) is 16.8. The molecule has 2 aromatic carbocycles. The van der Waals surface area contributed by atoms with Crippen molar-refractivity contribution in [3.05, 3.63) is 32.6 Å². The molecular weight excluding hydrogens is 378 g/mol. The van der Waals surface area contributed by atoms with Crippen LogP contribution in [-0.4, -0.2) is 46.9 Å². The summed E-state index contributed by atoms with van der Waals surface area (Å²) in [6, 6.07) is 3.27. The lowest BCUT2D eigenvalue weighted by Gasteiger charge is -2.22. The number of amides is 1. The van der Waals surface area contributed by atoms with Gasteiger partial charge in [-0.2, -0.15) is 0 Å². The molecule has 0 spiro atoms. The van der Waals surface area contributed by atoms with Crippen molar-refractivity contribution < 1.29 is 19.0 Å². The van der Waals surface area contributed by atoms with E-state index in [1.54, 1.807) is 12.1 Å². The van der Waals surface area contributed by atoms with Crippen LogP contribution in [0.1, 0.15) is 19.3 Å². The number of anilines is 3. The van der Waals surface area contributed by atoms with Crippen LogP contribution >= 0.6 is 0 Å². The van der Waals surface area contributed by atoms with Crippen LogP contribution in [0.15, 0.2) is 21.7 Å². The maximum absolute atomic E-state index is 12.3. The van der Waals surface area contributed by atoms with Gasteiger partial charge in [0.2, 0.25) is 11.7 Å². The Morgan fingerprint density at radius 2 is 1.62 bits per heavy atom. The fraction of sp³-hybridized carbons (Fsp3) is 0.450. The molecule has 3 rings (SSSR count). The number of rotatable bonds is 9. The highest BCUT2D eigenvalue weighted by Gasteiger charge is 2.27. The normalized spacial score (nSPS) is 13.4. The second-order valence-electron chi connectivity index (χ2n) is 6.71. The molecule has 0 aliphatic carbocycles. The molecule has 0 bridgehead atoms. The first-order chi connectivity index (χ1) is 14.0. The van der Waals surface area contributed by atoms with Crippen LogP contribution < -0.4 is 40.6 Å². The Balaban J connectivity index is 1.60. The van der Waals surface area contributed by atoms with Gasteiger partial charge < -0.3 is 29.7 Å². The Bertz CT molecular complexity index is 933. The predicted octanol–water partition coefficient (Wildman–Crippen LogP) is 1.35. The molecule has 1 amide bonds. The topological polar surface area (TPSA) is 106 Å². The molecule has 1 fully saturated rings. The number of ether oxygens (including phenoxy) is 3. The minimum Gasteiger partial charge on any atom is -0.493 e. The van der Waals surface area contributed by atoms with Crippen LogP contribution in [0.4, 0.5) is 17.1 Å². The van der Waals surface area contributed by atoms with E-state index in [0.29, 0.717) is 34.3 Å². The van der Waals surface area contributed by atoms with Crippen LogP contribution in [0.2, 0.25) is 0 Å². The lowest BCUT2D eigenvalue weighted by Crippen LogP contribution is -2.42. The van der Waals surface area contributed by atoms with Gasteiger partial charge in [-0.1, -0.05) is 0 Å². The predicted molar refractivity (Wildman–Crippen MR) is 111 cm³/mol. The monoisotopic (exact) mass is 403 g/mol. The summed E-state index contributed by atoms with van der Waals surface area (Å²) in [5.74, 6) is 1.04. The summed E-state index contributed by atoms with van der Waals surface area (Å²) in [5.41, 5.74) is 0.305. The van der Waals surface area contributed by atoms with Gasteiger partial charge in [0.05, 0.1) is 21.3 Å². The van der Waals surface area contributed by atoms with Gasteiger partial charge in [0.15, 0.2) is 11.5 Å². The van der Waals surface area contributed by atoms with E-state index in [0.717, 1.165) is 25.9 Å². The minimum atomic E-state index is -0.517. The molecule has 0 radical (unpaired) electrons. The number of carbonyl (C=O) groups excluding carboxylic acids is 1. The molecule has 1 heterocycles. The van der Waals surface area contributed by atoms with E-state index < -0.39 is 10.9 Å². The Hall–Kier alpha value is -3.23. The SMILES string of the molecule is COc1cc(NC(=O)CCNc2c(N3CCCC3)c(=O)c2=O)cc(OC)c1OC. The fourth-order valence-electron chi connectivity index (χ4n) is 3.46. The molecule has 1 aliphatic rings. The summed E-state index contributed by atoms with van der Waals surface area (Å²) in [5, 5.41) is 5.71. The average molecular weight is 403 g/mol. The Labute approximate surface area is 168 Å². The van der Waals surface area contributed by atoms with Crippen LogP contribution in [0.25, 0.3) is 0 Å². The summed E-state index contributed by atoms with van der Waals surface area (Å²) >= 11 is 0. The summed E-state index contributed by atoms with van der Waals surface area (Å²) < 4.78 is 15.8. The summed E-state index contributed by atoms with van der Waals surface area (Å²) in [6.45, 7) is 1.80. The van der Waals surface area contributed by atoms with Gasteiger partial charge in [-0.05, 0) is 12.8 Å². The van der Waals surface area contributed by atoms with Gasteiger partial charge in [-0.3, -0.25) is 14.4 Å². The molecule has 9 nitrogen and oxygen atoms in total. The third-order valence-electron chi connectivity index (χ3n) is 4.91. The Kier molecular flexibility index (Phi) is 6.26. The number of benzene rings is 1. The first-order valence-corrected chi connectivity index (χ1v) is 9.42. The maximum Gasteiger partial charge on any atom is 0.253 e. The molecule has 0 saturated carbocycles. The highest BCUT2D eigenvalue weighted by atomic mass is 16.5. The van der Waals surface area contributed by atoms with Crippen molar-refractivity contribution in [3.8, 4) is 17.2 Å². The minimum absolute atomic E-state index is 0.120. The van der Waals surface area contributed by atoms with Crippen molar-refractivity contribution in [2.24, 2.45) is 0 Å². The molecule has 9 heteroatoms. The molecule has 156 valence electrons. The summed E-state index contributed by atoms with van der Waals surface area (Å²) in [6.07, 6.45) is 2.14. The molecular formula is C20H25N3O6. The Morgan fingerprint density at radius 3 is 2.17 bits per heavy atom. The summed E-state index contributed by atoms with van der Waals surface area (Å²) in [7, 11) is 4.49. The highest BCUT2D eigenvalue weighted by molar-refractivity contribution is 5.92.